The second-order valence-corrected chi connectivity index (χ2v) is 6.66. The summed E-state index contributed by atoms with van der Waals surface area (Å²) in [5.41, 5.74) is 4.93. The van der Waals surface area contributed by atoms with Gasteiger partial charge in [-0.2, -0.15) is 5.10 Å². The van der Waals surface area contributed by atoms with Gasteiger partial charge in [0.1, 0.15) is 5.71 Å². The Labute approximate surface area is 193 Å². The van der Waals surface area contributed by atoms with Crippen molar-refractivity contribution in [3.8, 4) is 5.75 Å². The summed E-state index contributed by atoms with van der Waals surface area (Å²) in [6, 6.07) is 6.72. The maximum absolute atomic E-state index is 12.2. The normalized spacial score (nSPS) is 11.4. The SMILES string of the molecule is C=CC(=O)/C(CC(=C)/C=C\C=C\c1ncc(OCC)cn1)=N\Nc1ccc(C(=O)NC)cc1. The van der Waals surface area contributed by atoms with Crippen molar-refractivity contribution in [3.05, 3.63) is 91.1 Å². The number of hydrogen-bond acceptors (Lipinski definition) is 7. The number of amides is 1. The molecular formula is C25H27N5O3. The Hall–Kier alpha value is -4.33. The number of ether oxygens (including phenoxy) is 1. The van der Waals surface area contributed by atoms with Crippen LogP contribution in [0.15, 0.2) is 84.8 Å². The Morgan fingerprint density at radius 2 is 1.85 bits per heavy atom. The van der Waals surface area contributed by atoms with E-state index in [0.717, 1.165) is 0 Å². The highest BCUT2D eigenvalue weighted by Crippen LogP contribution is 2.11. The van der Waals surface area contributed by atoms with Crippen molar-refractivity contribution in [2.45, 2.75) is 13.3 Å². The van der Waals surface area contributed by atoms with Crippen LogP contribution in [0.2, 0.25) is 0 Å². The van der Waals surface area contributed by atoms with E-state index in [4.69, 9.17) is 4.74 Å². The van der Waals surface area contributed by atoms with Gasteiger partial charge in [-0.25, -0.2) is 9.97 Å². The second-order valence-electron chi connectivity index (χ2n) is 6.66. The molecule has 0 saturated heterocycles. The lowest BCUT2D eigenvalue weighted by molar-refractivity contribution is -0.109. The summed E-state index contributed by atoms with van der Waals surface area (Å²) in [6.45, 7) is 9.95. The van der Waals surface area contributed by atoms with Crippen LogP contribution in [0.4, 0.5) is 5.69 Å². The van der Waals surface area contributed by atoms with Crippen LogP contribution in [0.25, 0.3) is 6.08 Å². The molecule has 33 heavy (non-hydrogen) atoms. The van der Waals surface area contributed by atoms with Gasteiger partial charge in [0.25, 0.3) is 5.91 Å². The van der Waals surface area contributed by atoms with E-state index in [2.05, 4.69) is 39.0 Å². The molecule has 0 aliphatic heterocycles. The molecule has 0 spiro atoms. The number of carbonyl (C=O) groups excluding carboxylic acids is 2. The summed E-state index contributed by atoms with van der Waals surface area (Å²) < 4.78 is 5.31. The standard InChI is InChI=1S/C25H27N5O3/c1-5-23(31)22(30-29-20-13-11-19(12-14-20)25(32)26-4)15-18(3)9-7-8-10-24-27-16-21(17-28-24)33-6-2/h5,7-14,16-17,29H,1,3,6,15H2,2,4H3,(H,26,32)/b9-7-,10-8+,30-22-. The van der Waals surface area contributed by atoms with E-state index in [9.17, 15) is 9.59 Å². The summed E-state index contributed by atoms with van der Waals surface area (Å²) in [5.74, 6) is 0.675. The van der Waals surface area contributed by atoms with Crippen molar-refractivity contribution in [1.29, 1.82) is 0 Å². The van der Waals surface area contributed by atoms with Crippen LogP contribution < -0.4 is 15.5 Å². The number of rotatable bonds is 12. The van der Waals surface area contributed by atoms with Gasteiger partial charge in [0.15, 0.2) is 11.6 Å². The average Bonchev–Trinajstić information content (AvgIpc) is 2.84. The van der Waals surface area contributed by atoms with Gasteiger partial charge in [-0.3, -0.25) is 15.0 Å². The zero-order chi connectivity index (χ0) is 24.1. The summed E-state index contributed by atoms with van der Waals surface area (Å²) in [7, 11) is 1.57. The zero-order valence-electron chi connectivity index (χ0n) is 18.7. The Morgan fingerprint density at radius 3 is 2.45 bits per heavy atom. The van der Waals surface area contributed by atoms with Crippen LogP contribution in [-0.2, 0) is 4.79 Å². The van der Waals surface area contributed by atoms with Gasteiger partial charge in [-0.15, -0.1) is 0 Å². The molecule has 0 fully saturated rings. The van der Waals surface area contributed by atoms with Gasteiger partial charge in [0, 0.05) is 19.0 Å². The maximum Gasteiger partial charge on any atom is 0.251 e. The Kier molecular flexibility index (Phi) is 9.94. The summed E-state index contributed by atoms with van der Waals surface area (Å²) in [5, 5.41) is 6.76. The third kappa shape index (κ3) is 8.37. The van der Waals surface area contributed by atoms with Crippen molar-refractivity contribution in [3.63, 3.8) is 0 Å². The fourth-order valence-corrected chi connectivity index (χ4v) is 2.53. The molecule has 2 rings (SSSR count). The van der Waals surface area contributed by atoms with E-state index >= 15 is 0 Å². The van der Waals surface area contributed by atoms with E-state index in [0.29, 0.717) is 35.0 Å². The Morgan fingerprint density at radius 1 is 1.15 bits per heavy atom. The molecular weight excluding hydrogens is 418 g/mol. The van der Waals surface area contributed by atoms with E-state index in [1.165, 1.54) is 6.08 Å². The lowest BCUT2D eigenvalue weighted by atomic mass is 10.1. The van der Waals surface area contributed by atoms with Gasteiger partial charge < -0.3 is 10.1 Å². The second kappa shape index (κ2) is 13.2. The number of hydrazone groups is 1. The first-order chi connectivity index (χ1) is 16.0. The highest BCUT2D eigenvalue weighted by molar-refractivity contribution is 6.44. The third-order valence-electron chi connectivity index (χ3n) is 4.21. The fourth-order valence-electron chi connectivity index (χ4n) is 2.53. The molecule has 0 radical (unpaired) electrons. The topological polar surface area (TPSA) is 106 Å². The molecule has 8 heteroatoms. The van der Waals surface area contributed by atoms with Crippen molar-refractivity contribution >= 4 is 29.2 Å². The first kappa shape index (κ1) is 24.9. The predicted molar refractivity (Wildman–Crippen MR) is 131 cm³/mol. The predicted octanol–water partition coefficient (Wildman–Crippen LogP) is 3.97. The fraction of sp³-hybridized carbons (Fsp3) is 0.160. The van der Waals surface area contributed by atoms with Gasteiger partial charge in [-0.1, -0.05) is 31.4 Å². The van der Waals surface area contributed by atoms with E-state index in [-0.39, 0.29) is 23.8 Å². The summed E-state index contributed by atoms with van der Waals surface area (Å²) >= 11 is 0. The van der Waals surface area contributed by atoms with Gasteiger partial charge >= 0.3 is 0 Å². The van der Waals surface area contributed by atoms with Crippen LogP contribution in [0.5, 0.6) is 5.75 Å². The van der Waals surface area contributed by atoms with Crippen LogP contribution in [0, 0.1) is 0 Å². The number of hydrogen-bond donors (Lipinski definition) is 2. The van der Waals surface area contributed by atoms with Crippen LogP contribution in [-0.4, -0.2) is 41.0 Å². The number of nitrogens with one attached hydrogen (secondary N) is 2. The van der Waals surface area contributed by atoms with E-state index < -0.39 is 0 Å². The number of ketones is 1. The van der Waals surface area contributed by atoms with Crippen molar-refractivity contribution in [1.82, 2.24) is 15.3 Å². The van der Waals surface area contributed by atoms with Crippen molar-refractivity contribution < 1.29 is 14.3 Å². The quantitative estimate of drug-likeness (QED) is 0.222. The lowest BCUT2D eigenvalue weighted by Crippen LogP contribution is -2.17. The smallest absolute Gasteiger partial charge is 0.251 e. The molecule has 0 bridgehead atoms. The van der Waals surface area contributed by atoms with E-state index in [1.54, 1.807) is 68.0 Å². The molecule has 170 valence electrons. The number of benzene rings is 1. The largest absolute Gasteiger partial charge is 0.491 e. The zero-order valence-corrected chi connectivity index (χ0v) is 18.7. The molecule has 1 heterocycles. The first-order valence-corrected chi connectivity index (χ1v) is 10.3. The lowest BCUT2D eigenvalue weighted by Gasteiger charge is -2.06. The summed E-state index contributed by atoms with van der Waals surface area (Å²) in [4.78, 5) is 32.2. The summed E-state index contributed by atoms with van der Waals surface area (Å²) in [6.07, 6.45) is 11.7. The molecule has 0 unspecified atom stereocenters. The highest BCUT2D eigenvalue weighted by Gasteiger charge is 2.09. The van der Waals surface area contributed by atoms with Crippen molar-refractivity contribution in [2.24, 2.45) is 5.10 Å². The maximum atomic E-state index is 12.2. The minimum absolute atomic E-state index is 0.182. The highest BCUT2D eigenvalue weighted by atomic mass is 16.5. The monoisotopic (exact) mass is 445 g/mol. The van der Waals surface area contributed by atoms with Crippen LogP contribution in [0.1, 0.15) is 29.5 Å². The molecule has 0 atom stereocenters. The molecule has 2 N–H and O–H groups in total. The number of allylic oxidation sites excluding steroid dienone is 5. The molecule has 1 aromatic carbocycles. The molecule has 0 aliphatic rings. The molecule has 0 saturated carbocycles. The van der Waals surface area contributed by atoms with E-state index in [1.807, 2.05) is 6.92 Å². The Balaban J connectivity index is 1.97. The average molecular weight is 446 g/mol. The van der Waals surface area contributed by atoms with Crippen LogP contribution in [0.3, 0.4) is 0 Å². The van der Waals surface area contributed by atoms with Gasteiger partial charge in [0.2, 0.25) is 5.78 Å². The molecule has 0 aliphatic carbocycles. The first-order valence-electron chi connectivity index (χ1n) is 10.3. The van der Waals surface area contributed by atoms with Gasteiger partial charge in [0.05, 0.1) is 24.7 Å². The number of aromatic nitrogens is 2. The number of anilines is 1. The third-order valence-corrected chi connectivity index (χ3v) is 4.21. The number of carbonyl (C=O) groups is 2. The number of nitrogens with zero attached hydrogens (tertiary/aromatic N) is 3. The minimum atomic E-state index is -0.308. The molecule has 1 amide bonds. The molecule has 8 nitrogen and oxygen atoms in total. The van der Waals surface area contributed by atoms with Gasteiger partial charge in [-0.05, 0) is 48.9 Å². The van der Waals surface area contributed by atoms with Crippen molar-refractivity contribution in [2.75, 3.05) is 19.1 Å². The van der Waals surface area contributed by atoms with Crippen LogP contribution >= 0.6 is 0 Å². The molecule has 1 aromatic heterocycles. The minimum Gasteiger partial charge on any atom is -0.491 e. The molecule has 2 aromatic rings. The Bertz CT molecular complexity index is 1070.